The smallest absolute Gasteiger partial charge is 0.268 e. The fraction of sp³-hybridized carbons (Fsp3) is 0.261. The molecule has 1 aliphatic carbocycles. The van der Waals surface area contributed by atoms with Gasteiger partial charge in [0, 0.05) is 10.9 Å². The van der Waals surface area contributed by atoms with Crippen molar-refractivity contribution in [1.29, 1.82) is 0 Å². The van der Waals surface area contributed by atoms with Crippen LogP contribution in [-0.4, -0.2) is 19.5 Å². The van der Waals surface area contributed by atoms with E-state index in [-0.39, 0.29) is 11.2 Å². The Morgan fingerprint density at radius 1 is 1.25 bits per heavy atom. The second-order valence-corrected chi connectivity index (χ2v) is 9.86. The number of aryl methyl sites for hydroxylation is 1. The van der Waals surface area contributed by atoms with Crippen LogP contribution in [0.2, 0.25) is 0 Å². The number of fused-ring (bicyclic) bond motifs is 3. The van der Waals surface area contributed by atoms with Crippen LogP contribution >= 0.6 is 23.1 Å². The number of hydrogen-bond donors (Lipinski definition) is 0. The van der Waals surface area contributed by atoms with E-state index in [2.05, 4.69) is 11.9 Å². The van der Waals surface area contributed by atoms with Gasteiger partial charge >= 0.3 is 0 Å². The minimum Gasteiger partial charge on any atom is -0.268 e. The van der Waals surface area contributed by atoms with Gasteiger partial charge in [0.05, 0.1) is 16.0 Å². The van der Waals surface area contributed by atoms with Crippen LogP contribution in [0.25, 0.3) is 15.9 Å². The summed E-state index contributed by atoms with van der Waals surface area (Å²) in [7, 11) is 0. The Labute approximate surface area is 192 Å². The van der Waals surface area contributed by atoms with Crippen molar-refractivity contribution in [1.82, 2.24) is 14.5 Å². The highest BCUT2D eigenvalue weighted by Gasteiger charge is 2.26. The SMILES string of the molecule is CC[C@@H]1CCc2c(sc3nc(Sc4ccc([N+](=O)[O-])cn4)n(-c4ccccc4)c(=O)c23)C1. The van der Waals surface area contributed by atoms with Crippen LogP contribution in [0.4, 0.5) is 5.69 Å². The van der Waals surface area contributed by atoms with E-state index in [0.29, 0.717) is 16.1 Å². The summed E-state index contributed by atoms with van der Waals surface area (Å²) in [6.45, 7) is 2.22. The molecule has 3 aromatic heterocycles. The van der Waals surface area contributed by atoms with Crippen molar-refractivity contribution >= 4 is 39.0 Å². The molecule has 1 atom stereocenters. The number of rotatable bonds is 5. The zero-order valence-electron chi connectivity index (χ0n) is 17.4. The first kappa shape index (κ1) is 20.8. The van der Waals surface area contributed by atoms with Crippen molar-refractivity contribution in [2.45, 2.75) is 42.8 Å². The van der Waals surface area contributed by atoms with Crippen LogP contribution in [0.15, 0.2) is 63.6 Å². The van der Waals surface area contributed by atoms with Gasteiger partial charge in [-0.1, -0.05) is 31.5 Å². The van der Waals surface area contributed by atoms with Crippen molar-refractivity contribution in [2.75, 3.05) is 0 Å². The molecule has 1 aromatic carbocycles. The van der Waals surface area contributed by atoms with Gasteiger partial charge in [-0.15, -0.1) is 11.3 Å². The predicted molar refractivity (Wildman–Crippen MR) is 126 cm³/mol. The lowest BCUT2D eigenvalue weighted by Crippen LogP contribution is -2.22. The number of benzene rings is 1. The monoisotopic (exact) mass is 464 g/mol. The van der Waals surface area contributed by atoms with E-state index >= 15 is 0 Å². The van der Waals surface area contributed by atoms with Gasteiger partial charge < -0.3 is 0 Å². The number of thiophene rings is 1. The van der Waals surface area contributed by atoms with E-state index in [1.54, 1.807) is 22.0 Å². The highest BCUT2D eigenvalue weighted by molar-refractivity contribution is 7.99. The highest BCUT2D eigenvalue weighted by atomic mass is 32.2. The average molecular weight is 465 g/mol. The molecule has 0 unspecified atom stereocenters. The van der Waals surface area contributed by atoms with Gasteiger partial charge in [0.1, 0.15) is 16.1 Å². The van der Waals surface area contributed by atoms with Crippen LogP contribution in [0, 0.1) is 16.0 Å². The molecule has 0 saturated heterocycles. The number of nitro groups is 1. The third-order valence-electron chi connectivity index (χ3n) is 5.87. The highest BCUT2D eigenvalue weighted by Crippen LogP contribution is 2.38. The molecule has 0 amide bonds. The fourth-order valence-corrected chi connectivity index (χ4v) is 6.36. The fourth-order valence-electron chi connectivity index (χ4n) is 4.13. The number of aromatic nitrogens is 3. The van der Waals surface area contributed by atoms with E-state index in [1.807, 2.05) is 30.3 Å². The lowest BCUT2D eigenvalue weighted by atomic mass is 9.86. The molecule has 162 valence electrons. The minimum absolute atomic E-state index is 0.0712. The Morgan fingerprint density at radius 2 is 2.06 bits per heavy atom. The summed E-state index contributed by atoms with van der Waals surface area (Å²) in [4.78, 5) is 35.4. The van der Waals surface area contributed by atoms with Crippen LogP contribution in [-0.2, 0) is 12.8 Å². The predicted octanol–water partition coefficient (Wildman–Crippen LogP) is 5.42. The lowest BCUT2D eigenvalue weighted by molar-refractivity contribution is -0.385. The Morgan fingerprint density at radius 3 is 2.75 bits per heavy atom. The van der Waals surface area contributed by atoms with Crippen LogP contribution in [0.3, 0.4) is 0 Å². The molecule has 9 heteroatoms. The zero-order chi connectivity index (χ0) is 22.2. The summed E-state index contributed by atoms with van der Waals surface area (Å²) in [6, 6.07) is 12.4. The maximum Gasteiger partial charge on any atom is 0.287 e. The normalized spacial score (nSPS) is 15.6. The summed E-state index contributed by atoms with van der Waals surface area (Å²) in [6.07, 6.45) is 5.38. The summed E-state index contributed by atoms with van der Waals surface area (Å²) >= 11 is 2.85. The summed E-state index contributed by atoms with van der Waals surface area (Å²) in [5.41, 5.74) is 1.74. The van der Waals surface area contributed by atoms with Gasteiger partial charge in [0.15, 0.2) is 5.16 Å². The van der Waals surface area contributed by atoms with Gasteiger partial charge in [-0.3, -0.25) is 19.5 Å². The first-order chi connectivity index (χ1) is 15.5. The van der Waals surface area contributed by atoms with E-state index in [1.165, 1.54) is 28.9 Å². The molecule has 0 bridgehead atoms. The molecule has 0 fully saturated rings. The molecule has 1 aliphatic rings. The first-order valence-electron chi connectivity index (χ1n) is 10.5. The van der Waals surface area contributed by atoms with Crippen molar-refractivity contribution in [3.63, 3.8) is 0 Å². The maximum atomic E-state index is 13.8. The molecule has 0 spiro atoms. The van der Waals surface area contributed by atoms with Gasteiger partial charge in [0.25, 0.3) is 11.2 Å². The molecule has 0 saturated carbocycles. The summed E-state index contributed by atoms with van der Waals surface area (Å²) in [5, 5.41) is 12.7. The van der Waals surface area contributed by atoms with E-state index < -0.39 is 4.92 Å². The van der Waals surface area contributed by atoms with E-state index in [4.69, 9.17) is 4.98 Å². The molecular formula is C23H20N4O3S2. The minimum atomic E-state index is -0.481. The van der Waals surface area contributed by atoms with Gasteiger partial charge in [-0.05, 0) is 60.7 Å². The van der Waals surface area contributed by atoms with Crippen molar-refractivity contribution in [2.24, 2.45) is 5.92 Å². The van der Waals surface area contributed by atoms with Crippen molar-refractivity contribution < 1.29 is 4.92 Å². The second-order valence-electron chi connectivity index (χ2n) is 7.79. The Kier molecular flexibility index (Phi) is 5.52. The summed E-state index contributed by atoms with van der Waals surface area (Å²) < 4.78 is 1.63. The van der Waals surface area contributed by atoms with Gasteiger partial charge in [-0.2, -0.15) is 0 Å². The molecular weight excluding hydrogens is 444 g/mol. The quantitative estimate of drug-likeness (QED) is 0.223. The van der Waals surface area contributed by atoms with Crippen LogP contribution in [0.5, 0.6) is 0 Å². The second kappa shape index (κ2) is 8.48. The van der Waals surface area contributed by atoms with Crippen LogP contribution < -0.4 is 5.56 Å². The number of para-hydroxylation sites is 1. The van der Waals surface area contributed by atoms with Crippen LogP contribution in [0.1, 0.15) is 30.2 Å². The standard InChI is InChI=1S/C23H20N4O3S2/c1-2-14-8-10-17-18(12-14)31-21-20(17)22(28)26(15-6-4-3-5-7-15)23(25-21)32-19-11-9-16(13-24-19)27(29)30/h3-7,9,11,13-14H,2,8,10,12H2,1H3/t14-/m1/s1. The zero-order valence-corrected chi connectivity index (χ0v) is 19.0. The van der Waals surface area contributed by atoms with Gasteiger partial charge in [0.2, 0.25) is 0 Å². The molecule has 5 rings (SSSR count). The van der Waals surface area contributed by atoms with Crippen molar-refractivity contribution in [3.05, 3.63) is 79.6 Å². The molecule has 0 N–H and O–H groups in total. The maximum absolute atomic E-state index is 13.8. The topological polar surface area (TPSA) is 90.9 Å². The third kappa shape index (κ3) is 3.71. The first-order valence-corrected chi connectivity index (χ1v) is 12.1. The Hall–Kier alpha value is -3.04. The molecule has 32 heavy (non-hydrogen) atoms. The molecule has 4 aromatic rings. The Bertz CT molecular complexity index is 1360. The summed E-state index contributed by atoms with van der Waals surface area (Å²) in [5.74, 6) is 0.657. The van der Waals surface area contributed by atoms with E-state index in [9.17, 15) is 14.9 Å². The van der Waals surface area contributed by atoms with Gasteiger partial charge in [-0.25, -0.2) is 9.97 Å². The number of nitrogens with zero attached hydrogens (tertiary/aromatic N) is 4. The lowest BCUT2D eigenvalue weighted by Gasteiger charge is -2.20. The molecule has 3 heterocycles. The molecule has 7 nitrogen and oxygen atoms in total. The van der Waals surface area contributed by atoms with E-state index in [0.717, 1.165) is 47.2 Å². The average Bonchev–Trinajstić information content (AvgIpc) is 3.17. The largest absolute Gasteiger partial charge is 0.287 e. The number of hydrogen-bond acceptors (Lipinski definition) is 7. The van der Waals surface area contributed by atoms with Crippen molar-refractivity contribution in [3.8, 4) is 5.69 Å². The number of pyridine rings is 1. The molecule has 0 aliphatic heterocycles. The Balaban J connectivity index is 1.67. The third-order valence-corrected chi connectivity index (χ3v) is 7.93. The molecule has 0 radical (unpaired) electrons.